The number of anilines is 1. The van der Waals surface area contributed by atoms with Crippen molar-refractivity contribution in [2.75, 3.05) is 37.6 Å². The number of rotatable bonds is 3. The molecular formula is C24H26N6. The predicted octanol–water partition coefficient (Wildman–Crippen LogP) is 2.20. The maximum Gasteiger partial charge on any atom is 0.101 e. The van der Waals surface area contributed by atoms with E-state index in [9.17, 15) is 5.26 Å². The van der Waals surface area contributed by atoms with Crippen LogP contribution in [-0.2, 0) is 0 Å². The first kappa shape index (κ1) is 19.1. The van der Waals surface area contributed by atoms with Crippen LogP contribution in [0.15, 0.2) is 42.5 Å². The maximum atomic E-state index is 9.28. The Bertz CT molecular complexity index is 1010. The van der Waals surface area contributed by atoms with Gasteiger partial charge >= 0.3 is 0 Å². The molecule has 3 aliphatic rings. The highest BCUT2D eigenvalue weighted by Crippen LogP contribution is 2.35. The van der Waals surface area contributed by atoms with Crippen molar-refractivity contribution in [3.63, 3.8) is 0 Å². The van der Waals surface area contributed by atoms with Gasteiger partial charge in [-0.05, 0) is 53.6 Å². The summed E-state index contributed by atoms with van der Waals surface area (Å²) in [5.41, 5.74) is 11.3. The Hall–Kier alpha value is -2.90. The van der Waals surface area contributed by atoms with Gasteiger partial charge in [-0.25, -0.2) is 0 Å². The van der Waals surface area contributed by atoms with Gasteiger partial charge in [-0.15, -0.1) is 0 Å². The monoisotopic (exact) mass is 398 g/mol. The van der Waals surface area contributed by atoms with Crippen molar-refractivity contribution in [3.05, 3.63) is 64.7 Å². The van der Waals surface area contributed by atoms with E-state index in [4.69, 9.17) is 5.26 Å². The molecule has 6 nitrogen and oxygen atoms in total. The lowest BCUT2D eigenvalue weighted by molar-refractivity contribution is 0.194. The number of hydrogen-bond donors (Lipinski definition) is 3. The Morgan fingerprint density at radius 1 is 0.833 bits per heavy atom. The van der Waals surface area contributed by atoms with Crippen LogP contribution in [0.4, 0.5) is 5.69 Å². The van der Waals surface area contributed by atoms with Gasteiger partial charge < -0.3 is 10.2 Å². The highest BCUT2D eigenvalue weighted by Gasteiger charge is 2.33. The number of piperidine rings is 1. The molecular weight excluding hydrogens is 372 g/mol. The fourth-order valence-corrected chi connectivity index (χ4v) is 5.06. The molecule has 3 fully saturated rings. The fraction of sp³-hybridized carbons (Fsp3) is 0.417. The first-order chi connectivity index (χ1) is 14.7. The molecule has 2 aromatic carbocycles. The summed E-state index contributed by atoms with van der Waals surface area (Å²) in [6.07, 6.45) is 1.22. The van der Waals surface area contributed by atoms with Crippen LogP contribution in [0, 0.1) is 28.6 Å². The SMILES string of the molecule is N#Cc1ccc(C2CN(c3cccc(C4CNC5CNNCC5C4)c3)C2)cc1C#N. The number of nitriles is 2. The topological polar surface area (TPSA) is 86.9 Å². The van der Waals surface area contributed by atoms with E-state index in [-0.39, 0.29) is 0 Å². The summed E-state index contributed by atoms with van der Waals surface area (Å²) < 4.78 is 0. The van der Waals surface area contributed by atoms with Crippen molar-refractivity contribution in [2.24, 2.45) is 5.92 Å². The van der Waals surface area contributed by atoms with E-state index in [1.165, 1.54) is 17.7 Å². The highest BCUT2D eigenvalue weighted by atomic mass is 15.4. The molecule has 0 saturated carbocycles. The summed E-state index contributed by atoms with van der Waals surface area (Å²) in [4.78, 5) is 2.41. The molecule has 5 rings (SSSR count). The molecule has 6 heteroatoms. The second kappa shape index (κ2) is 8.08. The lowest BCUT2D eigenvalue weighted by atomic mass is 9.80. The normalized spacial score (nSPS) is 26.2. The van der Waals surface area contributed by atoms with Crippen LogP contribution in [-0.4, -0.2) is 38.8 Å². The van der Waals surface area contributed by atoms with Crippen molar-refractivity contribution in [1.29, 1.82) is 10.5 Å². The third-order valence-corrected chi connectivity index (χ3v) is 6.94. The van der Waals surface area contributed by atoms with Crippen LogP contribution in [0.25, 0.3) is 0 Å². The largest absolute Gasteiger partial charge is 0.370 e. The number of hydrazine groups is 1. The summed E-state index contributed by atoms with van der Waals surface area (Å²) in [7, 11) is 0. The molecule has 3 heterocycles. The Kier molecular flexibility index (Phi) is 5.14. The molecule has 30 heavy (non-hydrogen) atoms. The first-order valence-corrected chi connectivity index (χ1v) is 10.7. The van der Waals surface area contributed by atoms with E-state index >= 15 is 0 Å². The minimum Gasteiger partial charge on any atom is -0.370 e. The number of nitrogens with one attached hydrogen (secondary N) is 3. The van der Waals surface area contributed by atoms with Crippen molar-refractivity contribution in [2.45, 2.75) is 24.3 Å². The fourth-order valence-electron chi connectivity index (χ4n) is 5.06. The van der Waals surface area contributed by atoms with E-state index in [1.54, 1.807) is 6.07 Å². The zero-order valence-corrected chi connectivity index (χ0v) is 16.9. The van der Waals surface area contributed by atoms with Gasteiger partial charge in [0.05, 0.1) is 11.1 Å². The second-order valence-electron chi connectivity index (χ2n) is 8.69. The van der Waals surface area contributed by atoms with E-state index in [0.717, 1.165) is 38.3 Å². The molecule has 0 aromatic heterocycles. The Balaban J connectivity index is 1.25. The molecule has 2 aromatic rings. The van der Waals surface area contributed by atoms with Crippen LogP contribution in [0.3, 0.4) is 0 Å². The van der Waals surface area contributed by atoms with Crippen LogP contribution in [0.5, 0.6) is 0 Å². The molecule has 0 bridgehead atoms. The summed E-state index contributed by atoms with van der Waals surface area (Å²) in [5, 5.41) is 22.1. The van der Waals surface area contributed by atoms with Gasteiger partial charge in [0.15, 0.2) is 0 Å². The molecule has 0 radical (unpaired) electrons. The lowest BCUT2D eigenvalue weighted by Crippen LogP contribution is -2.59. The molecule has 0 aliphatic carbocycles. The maximum absolute atomic E-state index is 9.28. The van der Waals surface area contributed by atoms with Gasteiger partial charge in [-0.1, -0.05) is 18.2 Å². The van der Waals surface area contributed by atoms with Gasteiger partial charge in [0.2, 0.25) is 0 Å². The van der Waals surface area contributed by atoms with Gasteiger partial charge in [0.25, 0.3) is 0 Å². The molecule has 152 valence electrons. The Morgan fingerprint density at radius 3 is 2.47 bits per heavy atom. The smallest absolute Gasteiger partial charge is 0.101 e. The van der Waals surface area contributed by atoms with Gasteiger partial charge in [-0.3, -0.25) is 10.9 Å². The zero-order valence-electron chi connectivity index (χ0n) is 16.9. The Labute approximate surface area is 177 Å². The zero-order chi connectivity index (χ0) is 20.5. The number of nitrogens with zero attached hydrogens (tertiary/aromatic N) is 3. The van der Waals surface area contributed by atoms with Crippen molar-refractivity contribution >= 4 is 5.69 Å². The van der Waals surface area contributed by atoms with Gasteiger partial charge in [-0.2, -0.15) is 10.5 Å². The van der Waals surface area contributed by atoms with E-state index in [0.29, 0.717) is 34.9 Å². The van der Waals surface area contributed by atoms with E-state index in [2.05, 4.69) is 57.5 Å². The summed E-state index contributed by atoms with van der Waals surface area (Å²) >= 11 is 0. The highest BCUT2D eigenvalue weighted by molar-refractivity contribution is 5.55. The minimum absolute atomic E-state index is 0.409. The summed E-state index contributed by atoms with van der Waals surface area (Å²) in [6.45, 7) is 4.95. The minimum atomic E-state index is 0.409. The average Bonchev–Trinajstić information content (AvgIpc) is 2.78. The third-order valence-electron chi connectivity index (χ3n) is 6.94. The van der Waals surface area contributed by atoms with Crippen LogP contribution < -0.4 is 21.1 Å². The lowest BCUT2D eigenvalue weighted by Gasteiger charge is -2.43. The third kappa shape index (κ3) is 3.55. The molecule has 0 amide bonds. The van der Waals surface area contributed by atoms with Gasteiger partial charge in [0.1, 0.15) is 12.1 Å². The van der Waals surface area contributed by atoms with Crippen LogP contribution >= 0.6 is 0 Å². The molecule has 3 aliphatic heterocycles. The summed E-state index contributed by atoms with van der Waals surface area (Å²) in [6, 6.07) is 19.5. The van der Waals surface area contributed by atoms with Crippen molar-refractivity contribution < 1.29 is 0 Å². The molecule has 3 saturated heterocycles. The number of benzene rings is 2. The number of fused-ring (bicyclic) bond motifs is 1. The molecule has 3 atom stereocenters. The van der Waals surface area contributed by atoms with Crippen molar-refractivity contribution in [3.8, 4) is 12.1 Å². The van der Waals surface area contributed by atoms with Gasteiger partial charge in [0, 0.05) is 50.4 Å². The van der Waals surface area contributed by atoms with E-state index < -0.39 is 0 Å². The molecule has 0 spiro atoms. The number of hydrogen-bond acceptors (Lipinski definition) is 6. The predicted molar refractivity (Wildman–Crippen MR) is 116 cm³/mol. The van der Waals surface area contributed by atoms with Crippen LogP contribution in [0.1, 0.15) is 40.5 Å². The quantitative estimate of drug-likeness (QED) is 0.735. The first-order valence-electron chi connectivity index (χ1n) is 10.7. The standard InChI is InChI=1S/C24H26N6/c25-9-18-5-4-17(6-19(18)10-26)22-14-30(15-22)23-3-1-2-16(8-23)20-7-21-12-28-29-13-24(21)27-11-20/h1-6,8,20-22,24,27-29H,7,11-15H2. The average molecular weight is 399 g/mol. The summed E-state index contributed by atoms with van der Waals surface area (Å²) in [5.74, 6) is 1.64. The molecule has 3 unspecified atom stereocenters. The Morgan fingerprint density at radius 2 is 1.63 bits per heavy atom. The van der Waals surface area contributed by atoms with E-state index in [1.807, 2.05) is 12.1 Å². The van der Waals surface area contributed by atoms with Crippen molar-refractivity contribution in [1.82, 2.24) is 16.2 Å². The van der Waals surface area contributed by atoms with Crippen LogP contribution in [0.2, 0.25) is 0 Å². The second-order valence-corrected chi connectivity index (χ2v) is 8.69. The molecule has 3 N–H and O–H groups in total.